The van der Waals surface area contributed by atoms with Gasteiger partial charge in [0.1, 0.15) is 12.3 Å². The molecule has 108 valence electrons. The van der Waals surface area contributed by atoms with Crippen LogP contribution in [0.4, 0.5) is 0 Å². The van der Waals surface area contributed by atoms with Crippen molar-refractivity contribution in [2.75, 3.05) is 34.3 Å². The quantitative estimate of drug-likeness (QED) is 0.706. The zero-order chi connectivity index (χ0) is 14.4. The van der Waals surface area contributed by atoms with Gasteiger partial charge in [-0.3, -0.25) is 0 Å². The number of benzene rings is 2. The molecule has 2 aromatic carbocycles. The van der Waals surface area contributed by atoms with Crippen molar-refractivity contribution >= 4 is 10.8 Å². The molecule has 0 heterocycles. The van der Waals surface area contributed by atoms with Crippen LogP contribution in [0.5, 0.6) is 5.75 Å². The number of quaternary nitrogens is 2. The largest absolute Gasteiger partial charge is 0.496 e. The zero-order valence-corrected chi connectivity index (χ0v) is 12.8. The molecule has 0 aliphatic carbocycles. The van der Waals surface area contributed by atoms with Crippen LogP contribution in [0, 0.1) is 0 Å². The molecule has 2 rings (SSSR count). The van der Waals surface area contributed by atoms with Crippen LogP contribution in [-0.2, 0) is 6.54 Å². The number of ether oxygens (including phenoxy) is 1. The molecule has 3 nitrogen and oxygen atoms in total. The minimum atomic E-state index is 0.979. The van der Waals surface area contributed by atoms with Gasteiger partial charge in [0.2, 0.25) is 0 Å². The Morgan fingerprint density at radius 1 is 1.10 bits per heavy atom. The van der Waals surface area contributed by atoms with E-state index >= 15 is 0 Å². The Balaban J connectivity index is 2.07. The highest BCUT2D eigenvalue weighted by atomic mass is 16.5. The van der Waals surface area contributed by atoms with E-state index in [9.17, 15) is 0 Å². The van der Waals surface area contributed by atoms with E-state index in [-0.39, 0.29) is 0 Å². The molecule has 0 radical (unpaired) electrons. The van der Waals surface area contributed by atoms with Gasteiger partial charge in [-0.25, -0.2) is 0 Å². The Kier molecular flexibility index (Phi) is 5.39. The van der Waals surface area contributed by atoms with Crippen molar-refractivity contribution in [3.8, 4) is 5.75 Å². The summed E-state index contributed by atoms with van der Waals surface area (Å²) in [4.78, 5) is 1.51. The van der Waals surface area contributed by atoms with Gasteiger partial charge >= 0.3 is 0 Å². The van der Waals surface area contributed by atoms with E-state index in [0.717, 1.165) is 18.8 Å². The second-order valence-electron chi connectivity index (χ2n) is 5.56. The number of hydrogen-bond acceptors (Lipinski definition) is 1. The van der Waals surface area contributed by atoms with E-state index in [2.05, 4.69) is 55.8 Å². The summed E-state index contributed by atoms with van der Waals surface area (Å²) in [6.45, 7) is 3.37. The van der Waals surface area contributed by atoms with Crippen LogP contribution in [0.25, 0.3) is 10.8 Å². The molecule has 0 bridgehead atoms. The topological polar surface area (TPSA) is 30.3 Å². The molecule has 0 amide bonds. The summed E-state index contributed by atoms with van der Waals surface area (Å²) in [7, 11) is 6.16. The second kappa shape index (κ2) is 7.27. The summed E-state index contributed by atoms with van der Waals surface area (Å²) in [5.41, 5.74) is 1.31. The van der Waals surface area contributed by atoms with Crippen LogP contribution in [0.2, 0.25) is 0 Å². The Morgan fingerprint density at radius 2 is 1.90 bits per heavy atom. The summed E-state index contributed by atoms with van der Waals surface area (Å²) in [6.07, 6.45) is 1.25. The summed E-state index contributed by atoms with van der Waals surface area (Å²) >= 11 is 0. The Bertz CT molecular complexity index is 552. The molecule has 3 heteroatoms. The zero-order valence-electron chi connectivity index (χ0n) is 12.8. The molecule has 0 fully saturated rings. The summed E-state index contributed by atoms with van der Waals surface area (Å²) in [5, 5.41) is 4.98. The first-order valence-electron chi connectivity index (χ1n) is 7.37. The van der Waals surface area contributed by atoms with E-state index in [0.29, 0.717) is 0 Å². The lowest BCUT2D eigenvalue weighted by atomic mass is 10.0. The number of nitrogens with one attached hydrogen (secondary N) is 1. The van der Waals surface area contributed by atoms with Gasteiger partial charge in [0, 0.05) is 6.42 Å². The number of hydrogen-bond donors (Lipinski definition) is 2. The van der Waals surface area contributed by atoms with Crippen molar-refractivity contribution in [2.24, 2.45) is 0 Å². The van der Waals surface area contributed by atoms with Crippen molar-refractivity contribution in [1.29, 1.82) is 0 Å². The third kappa shape index (κ3) is 3.71. The van der Waals surface area contributed by atoms with Gasteiger partial charge in [-0.05, 0) is 16.8 Å². The maximum absolute atomic E-state index is 5.52. The van der Waals surface area contributed by atoms with Gasteiger partial charge in [-0.2, -0.15) is 0 Å². The fraction of sp³-hybridized carbons (Fsp3) is 0.412. The van der Waals surface area contributed by atoms with E-state index in [1.165, 1.54) is 34.2 Å². The first-order valence-corrected chi connectivity index (χ1v) is 7.37. The molecule has 3 N–H and O–H groups in total. The standard InChI is InChI=1S/C17H24N2O/c1-19(2)12-6-11-18-13-16-15-8-5-4-7-14(15)9-10-17(16)20-3/h4-5,7-10,18H,6,11-13H2,1-3H3/p+2. The second-order valence-corrected chi connectivity index (χ2v) is 5.56. The molecule has 0 atom stereocenters. The number of rotatable bonds is 7. The van der Waals surface area contributed by atoms with Gasteiger partial charge in [0.15, 0.2) is 0 Å². The highest BCUT2D eigenvalue weighted by molar-refractivity contribution is 5.87. The van der Waals surface area contributed by atoms with Crippen LogP contribution in [0.3, 0.4) is 0 Å². The smallest absolute Gasteiger partial charge is 0.128 e. The van der Waals surface area contributed by atoms with Crippen molar-refractivity contribution < 1.29 is 15.0 Å². The molecule has 0 aliphatic heterocycles. The van der Waals surface area contributed by atoms with Crippen LogP contribution >= 0.6 is 0 Å². The fourth-order valence-electron chi connectivity index (χ4n) is 2.56. The highest BCUT2D eigenvalue weighted by Crippen LogP contribution is 2.26. The van der Waals surface area contributed by atoms with E-state index in [1.54, 1.807) is 7.11 Å². The molecule has 2 aromatic rings. The third-order valence-electron chi connectivity index (χ3n) is 3.65. The van der Waals surface area contributed by atoms with Crippen molar-refractivity contribution in [3.63, 3.8) is 0 Å². The summed E-state index contributed by atoms with van der Waals surface area (Å²) < 4.78 is 5.52. The minimum Gasteiger partial charge on any atom is -0.496 e. The van der Waals surface area contributed by atoms with Crippen molar-refractivity contribution in [1.82, 2.24) is 0 Å². The molecule has 0 saturated carbocycles. The Hall–Kier alpha value is -1.58. The summed E-state index contributed by atoms with van der Waals surface area (Å²) in [5.74, 6) is 0.998. The fourth-order valence-corrected chi connectivity index (χ4v) is 2.56. The van der Waals surface area contributed by atoms with Gasteiger partial charge < -0.3 is 15.0 Å². The maximum Gasteiger partial charge on any atom is 0.128 e. The first kappa shape index (κ1) is 14.8. The van der Waals surface area contributed by atoms with Gasteiger partial charge in [-0.15, -0.1) is 0 Å². The predicted molar refractivity (Wildman–Crippen MR) is 83.3 cm³/mol. The van der Waals surface area contributed by atoms with Crippen molar-refractivity contribution in [3.05, 3.63) is 42.0 Å². The highest BCUT2D eigenvalue weighted by Gasteiger charge is 2.09. The molecular formula is C17H26N2O+2. The maximum atomic E-state index is 5.52. The SMILES string of the molecule is COc1ccc2ccccc2c1C[NH2+]CCC[NH+](C)C. The lowest BCUT2D eigenvalue weighted by Crippen LogP contribution is -3.06. The monoisotopic (exact) mass is 274 g/mol. The van der Waals surface area contributed by atoms with E-state index < -0.39 is 0 Å². The third-order valence-corrected chi connectivity index (χ3v) is 3.65. The van der Waals surface area contributed by atoms with Crippen LogP contribution < -0.4 is 15.0 Å². The number of fused-ring (bicyclic) bond motifs is 1. The average molecular weight is 274 g/mol. The molecular weight excluding hydrogens is 248 g/mol. The predicted octanol–water partition coefficient (Wildman–Crippen LogP) is 0.446. The molecule has 0 spiro atoms. The lowest BCUT2D eigenvalue weighted by Gasteiger charge is -2.11. The van der Waals surface area contributed by atoms with Crippen LogP contribution in [0.1, 0.15) is 12.0 Å². The lowest BCUT2D eigenvalue weighted by molar-refractivity contribution is -0.860. The van der Waals surface area contributed by atoms with Crippen LogP contribution in [0.15, 0.2) is 36.4 Å². The molecule has 0 unspecified atom stereocenters. The van der Waals surface area contributed by atoms with Gasteiger partial charge in [-0.1, -0.05) is 30.3 Å². The van der Waals surface area contributed by atoms with Gasteiger partial charge in [0.25, 0.3) is 0 Å². The number of methoxy groups -OCH3 is 1. The van der Waals surface area contributed by atoms with E-state index in [4.69, 9.17) is 4.74 Å². The molecule has 0 aliphatic rings. The Morgan fingerprint density at radius 3 is 2.65 bits per heavy atom. The average Bonchev–Trinajstić information content (AvgIpc) is 2.46. The molecule has 0 saturated heterocycles. The van der Waals surface area contributed by atoms with Crippen molar-refractivity contribution in [2.45, 2.75) is 13.0 Å². The van der Waals surface area contributed by atoms with Crippen LogP contribution in [-0.4, -0.2) is 34.3 Å². The van der Waals surface area contributed by atoms with Gasteiger partial charge in [0.05, 0.1) is 39.9 Å². The summed E-state index contributed by atoms with van der Waals surface area (Å²) in [6, 6.07) is 12.7. The normalized spacial score (nSPS) is 11.2. The van der Waals surface area contributed by atoms with E-state index in [1.807, 2.05) is 0 Å². The first-order chi connectivity index (χ1) is 9.72. The number of nitrogens with two attached hydrogens (primary N) is 1. The molecule has 20 heavy (non-hydrogen) atoms. The molecule has 0 aromatic heterocycles. The Labute approximate surface area is 121 Å². The minimum absolute atomic E-state index is 0.979.